The third kappa shape index (κ3) is 1.92. The van der Waals surface area contributed by atoms with Gasteiger partial charge < -0.3 is 5.73 Å². The highest BCUT2D eigenvalue weighted by atomic mass is 32.2. The highest BCUT2D eigenvalue weighted by Gasteiger charge is 2.19. The molecule has 0 amide bonds. The van der Waals surface area contributed by atoms with Gasteiger partial charge >= 0.3 is 0 Å². The van der Waals surface area contributed by atoms with E-state index in [4.69, 9.17) is 5.73 Å². The summed E-state index contributed by atoms with van der Waals surface area (Å²) < 4.78 is 23.5. The Bertz CT molecular complexity index is 459. The van der Waals surface area contributed by atoms with Gasteiger partial charge in [-0.2, -0.15) is 0 Å². The standard InChI is InChI=1S/C8H10N2O2S2/c1-3-6(2)14(11,12)8-5-10-7(4-9)13-8/h3,5H,1-2,4,9H2. The van der Waals surface area contributed by atoms with Crippen LogP contribution < -0.4 is 5.73 Å². The Morgan fingerprint density at radius 1 is 1.71 bits per heavy atom. The van der Waals surface area contributed by atoms with Crippen LogP contribution in [0.5, 0.6) is 0 Å². The van der Waals surface area contributed by atoms with E-state index in [1.54, 1.807) is 0 Å². The molecule has 76 valence electrons. The van der Waals surface area contributed by atoms with Crippen LogP contribution in [0.25, 0.3) is 0 Å². The first-order valence-electron chi connectivity index (χ1n) is 3.73. The lowest BCUT2D eigenvalue weighted by Crippen LogP contribution is -1.99. The minimum atomic E-state index is -3.49. The molecule has 0 radical (unpaired) electrons. The summed E-state index contributed by atoms with van der Waals surface area (Å²) in [6, 6.07) is 0. The Hall–Kier alpha value is -0.980. The van der Waals surface area contributed by atoms with Gasteiger partial charge in [0.2, 0.25) is 9.84 Å². The molecule has 1 aromatic heterocycles. The fraction of sp³-hybridized carbons (Fsp3) is 0.125. The molecule has 1 aromatic rings. The molecule has 0 aliphatic carbocycles. The number of nitrogens with two attached hydrogens (primary N) is 1. The Labute approximate surface area is 86.7 Å². The molecule has 1 rings (SSSR count). The molecule has 0 saturated heterocycles. The van der Waals surface area contributed by atoms with E-state index in [-0.39, 0.29) is 15.7 Å². The van der Waals surface area contributed by atoms with E-state index in [2.05, 4.69) is 18.1 Å². The van der Waals surface area contributed by atoms with Crippen LogP contribution in [0, 0.1) is 0 Å². The van der Waals surface area contributed by atoms with E-state index in [1.807, 2.05) is 0 Å². The van der Waals surface area contributed by atoms with E-state index in [1.165, 1.54) is 12.3 Å². The van der Waals surface area contributed by atoms with Crippen molar-refractivity contribution in [2.24, 2.45) is 5.73 Å². The van der Waals surface area contributed by atoms with E-state index >= 15 is 0 Å². The third-order valence-electron chi connectivity index (χ3n) is 1.54. The molecule has 0 aliphatic heterocycles. The Morgan fingerprint density at radius 3 is 2.79 bits per heavy atom. The zero-order valence-electron chi connectivity index (χ0n) is 7.43. The summed E-state index contributed by atoms with van der Waals surface area (Å²) in [5.74, 6) is 0. The maximum Gasteiger partial charge on any atom is 0.216 e. The maximum absolute atomic E-state index is 11.7. The summed E-state index contributed by atoms with van der Waals surface area (Å²) in [5.41, 5.74) is 5.33. The van der Waals surface area contributed by atoms with Gasteiger partial charge in [0, 0.05) is 6.54 Å². The Morgan fingerprint density at radius 2 is 2.36 bits per heavy atom. The zero-order valence-corrected chi connectivity index (χ0v) is 9.07. The molecular weight excluding hydrogens is 220 g/mol. The fourth-order valence-corrected chi connectivity index (χ4v) is 3.00. The van der Waals surface area contributed by atoms with E-state index < -0.39 is 9.84 Å². The van der Waals surface area contributed by atoms with Crippen molar-refractivity contribution in [2.75, 3.05) is 0 Å². The SMILES string of the molecule is C=CC(=C)S(=O)(=O)c1cnc(CN)s1. The highest BCUT2D eigenvalue weighted by Crippen LogP contribution is 2.24. The van der Waals surface area contributed by atoms with E-state index in [9.17, 15) is 8.42 Å². The third-order valence-corrected chi connectivity index (χ3v) is 4.76. The molecule has 4 nitrogen and oxygen atoms in total. The molecule has 0 atom stereocenters. The first-order chi connectivity index (χ1) is 6.52. The van der Waals surface area contributed by atoms with E-state index in [0.29, 0.717) is 5.01 Å². The molecule has 0 spiro atoms. The van der Waals surface area contributed by atoms with Crippen LogP contribution in [0.1, 0.15) is 5.01 Å². The monoisotopic (exact) mass is 230 g/mol. The van der Waals surface area contributed by atoms with Crippen molar-refractivity contribution in [2.45, 2.75) is 10.8 Å². The normalized spacial score (nSPS) is 11.2. The first-order valence-corrected chi connectivity index (χ1v) is 6.03. The van der Waals surface area contributed by atoms with E-state index in [0.717, 1.165) is 11.3 Å². The van der Waals surface area contributed by atoms with Gasteiger partial charge in [0.05, 0.1) is 11.1 Å². The van der Waals surface area contributed by atoms with Gasteiger partial charge in [0.1, 0.15) is 9.22 Å². The van der Waals surface area contributed by atoms with Crippen LogP contribution in [0.15, 0.2) is 34.5 Å². The van der Waals surface area contributed by atoms with Crippen molar-refractivity contribution in [1.29, 1.82) is 0 Å². The van der Waals surface area contributed by atoms with Crippen molar-refractivity contribution >= 4 is 21.2 Å². The summed E-state index contributed by atoms with van der Waals surface area (Å²) in [6.07, 6.45) is 2.49. The van der Waals surface area contributed by atoms with Crippen molar-refractivity contribution in [3.63, 3.8) is 0 Å². The second kappa shape index (κ2) is 4.04. The van der Waals surface area contributed by atoms with Crippen LogP contribution in [-0.4, -0.2) is 13.4 Å². The number of thiazole rings is 1. The number of nitrogens with zero attached hydrogens (tertiary/aromatic N) is 1. The molecule has 0 unspecified atom stereocenters. The number of sulfone groups is 1. The summed E-state index contributed by atoms with van der Waals surface area (Å²) in [5, 5.41) is 0.584. The quantitative estimate of drug-likeness (QED) is 0.785. The molecule has 0 fully saturated rings. The fourth-order valence-electron chi connectivity index (χ4n) is 0.751. The topological polar surface area (TPSA) is 73.0 Å². The van der Waals surface area contributed by atoms with Gasteiger partial charge in [0.25, 0.3) is 0 Å². The molecule has 1 heterocycles. The number of allylic oxidation sites excluding steroid dienone is 1. The molecule has 0 aromatic carbocycles. The van der Waals surface area contributed by atoms with Gasteiger partial charge in [-0.1, -0.05) is 19.2 Å². The molecular formula is C8H10N2O2S2. The van der Waals surface area contributed by atoms with Crippen molar-refractivity contribution in [1.82, 2.24) is 4.98 Å². The molecule has 14 heavy (non-hydrogen) atoms. The van der Waals surface area contributed by atoms with Crippen LogP contribution in [0.3, 0.4) is 0 Å². The highest BCUT2D eigenvalue weighted by molar-refractivity contribution is 7.97. The van der Waals surface area contributed by atoms with Crippen LogP contribution in [0.2, 0.25) is 0 Å². The summed E-state index contributed by atoms with van der Waals surface area (Å²) >= 11 is 1.05. The summed E-state index contributed by atoms with van der Waals surface area (Å²) in [7, 11) is -3.49. The van der Waals surface area contributed by atoms with Gasteiger partial charge in [-0.05, 0) is 0 Å². The van der Waals surface area contributed by atoms with Crippen LogP contribution in [0.4, 0.5) is 0 Å². The molecule has 6 heteroatoms. The van der Waals surface area contributed by atoms with Crippen LogP contribution in [-0.2, 0) is 16.4 Å². The summed E-state index contributed by atoms with van der Waals surface area (Å²) in [4.78, 5) is 3.83. The average molecular weight is 230 g/mol. The Balaban J connectivity index is 3.17. The average Bonchev–Trinajstić information content (AvgIpc) is 2.65. The number of rotatable bonds is 4. The van der Waals surface area contributed by atoms with Crippen molar-refractivity contribution < 1.29 is 8.42 Å². The lowest BCUT2D eigenvalue weighted by molar-refractivity contribution is 0.605. The molecule has 0 saturated carbocycles. The van der Waals surface area contributed by atoms with Crippen LogP contribution >= 0.6 is 11.3 Å². The minimum absolute atomic E-state index is 0.0234. The molecule has 2 N–H and O–H groups in total. The summed E-state index contributed by atoms with van der Waals surface area (Å²) in [6.45, 7) is 6.99. The second-order valence-corrected chi connectivity index (χ2v) is 5.80. The minimum Gasteiger partial charge on any atom is -0.325 e. The second-order valence-electron chi connectivity index (χ2n) is 2.45. The zero-order chi connectivity index (χ0) is 10.8. The maximum atomic E-state index is 11.7. The van der Waals surface area contributed by atoms with Gasteiger partial charge in [-0.3, -0.25) is 0 Å². The molecule has 0 bridgehead atoms. The number of aromatic nitrogens is 1. The van der Waals surface area contributed by atoms with Gasteiger partial charge in [-0.15, -0.1) is 11.3 Å². The Kier molecular flexibility index (Phi) is 3.20. The largest absolute Gasteiger partial charge is 0.325 e. The smallest absolute Gasteiger partial charge is 0.216 e. The first kappa shape index (κ1) is 11.1. The van der Waals surface area contributed by atoms with Gasteiger partial charge in [0.15, 0.2) is 0 Å². The molecule has 0 aliphatic rings. The lowest BCUT2D eigenvalue weighted by Gasteiger charge is -1.97. The predicted octanol–water partition coefficient (Wildman–Crippen LogP) is 1.08. The van der Waals surface area contributed by atoms with Crippen molar-refractivity contribution in [3.05, 3.63) is 35.3 Å². The van der Waals surface area contributed by atoms with Crippen molar-refractivity contribution in [3.8, 4) is 0 Å². The number of hydrogen-bond acceptors (Lipinski definition) is 5. The number of hydrogen-bond donors (Lipinski definition) is 1. The predicted molar refractivity (Wildman–Crippen MR) is 56.5 cm³/mol. The van der Waals surface area contributed by atoms with Gasteiger partial charge in [-0.25, -0.2) is 13.4 Å². The lowest BCUT2D eigenvalue weighted by atomic mass is 10.6.